The molecule has 84 heavy (non-hydrogen) atoms. The number of hydrogen-bond donors (Lipinski definition) is 3. The zero-order chi connectivity index (χ0) is 58.0. The van der Waals surface area contributed by atoms with E-state index >= 15 is 0 Å². The van der Waals surface area contributed by atoms with Gasteiger partial charge in [0.1, 0.15) is 0 Å². The highest BCUT2D eigenvalue weighted by Crippen LogP contribution is 2.32. The maximum atomic E-state index is 12.2. The Balaban J connectivity index is 0.000000140. The lowest BCUT2D eigenvalue weighted by atomic mass is 9.93. The van der Waals surface area contributed by atoms with Crippen LogP contribution in [-0.2, 0) is 19.6 Å². The van der Waals surface area contributed by atoms with Crippen molar-refractivity contribution in [3.8, 4) is 0 Å². The van der Waals surface area contributed by atoms with Crippen LogP contribution in [0.2, 0.25) is 0 Å². The predicted molar refractivity (Wildman–Crippen MR) is 343 cm³/mol. The van der Waals surface area contributed by atoms with Crippen molar-refractivity contribution in [3.05, 3.63) is 138 Å². The zero-order valence-electron chi connectivity index (χ0n) is 49.7. The van der Waals surface area contributed by atoms with Gasteiger partial charge in [-0.3, -0.25) is 44.0 Å². The smallest absolute Gasteiger partial charge is 0.252 e. The molecule has 0 amide bonds. The summed E-state index contributed by atoms with van der Waals surface area (Å²) in [7, 11) is 0. The molecule has 450 valence electrons. The van der Waals surface area contributed by atoms with Gasteiger partial charge in [0.2, 0.25) is 17.8 Å². The summed E-state index contributed by atoms with van der Waals surface area (Å²) in [4.78, 5) is 87.3. The van der Waals surface area contributed by atoms with Gasteiger partial charge in [-0.05, 0) is 175 Å². The number of rotatable bonds is 18. The third-order valence-electron chi connectivity index (χ3n) is 17.0. The Morgan fingerprint density at radius 2 is 0.762 bits per heavy atom. The van der Waals surface area contributed by atoms with Gasteiger partial charge in [0.15, 0.2) is 0 Å². The molecule has 0 unspecified atom stereocenters. The molecular weight excluding hydrogens is 1110 g/mol. The van der Waals surface area contributed by atoms with Crippen LogP contribution < -0.4 is 31.4 Å². The van der Waals surface area contributed by atoms with Gasteiger partial charge >= 0.3 is 0 Å². The number of hydrogen-bond acceptors (Lipinski definition) is 18. The molecule has 0 aliphatic carbocycles. The Morgan fingerprint density at radius 1 is 0.440 bits per heavy atom. The second kappa shape index (κ2) is 31.2. The van der Waals surface area contributed by atoms with Gasteiger partial charge in [-0.25, -0.2) is 29.9 Å². The molecule has 0 atom stereocenters. The minimum Gasteiger partial charge on any atom is -0.342 e. The lowest BCUT2D eigenvalue weighted by molar-refractivity contribution is 0.203. The van der Waals surface area contributed by atoms with Crippen molar-refractivity contribution in [2.75, 3.05) is 111 Å². The molecule has 12 heterocycles. The molecule has 6 aliphatic heterocycles. The first-order valence-corrected chi connectivity index (χ1v) is 34.2. The van der Waals surface area contributed by atoms with E-state index in [1.54, 1.807) is 41.7 Å². The van der Waals surface area contributed by atoms with Crippen LogP contribution in [0.5, 0.6) is 0 Å². The van der Waals surface area contributed by atoms with Crippen molar-refractivity contribution < 1.29 is 0 Å². The van der Waals surface area contributed by atoms with Crippen LogP contribution in [0.1, 0.15) is 149 Å². The Labute approximate surface area is 508 Å². The molecule has 6 aliphatic rings. The lowest BCUT2D eigenvalue weighted by Crippen LogP contribution is -2.33. The summed E-state index contributed by atoms with van der Waals surface area (Å²) in [5.74, 6) is 5.59. The Hall–Kier alpha value is -5.58. The van der Waals surface area contributed by atoms with Crippen molar-refractivity contribution >= 4 is 53.1 Å². The van der Waals surface area contributed by atoms with Crippen molar-refractivity contribution in [3.63, 3.8) is 0 Å². The Morgan fingerprint density at radius 3 is 1.05 bits per heavy atom. The average molecular weight is 1200 g/mol. The first-order valence-electron chi connectivity index (χ1n) is 31.0. The first kappa shape index (κ1) is 61.5. The summed E-state index contributed by atoms with van der Waals surface area (Å²) in [6.45, 7) is 19.3. The molecular formula is C63H87N15O3S3. The van der Waals surface area contributed by atoms with Gasteiger partial charge in [0, 0.05) is 113 Å². The average Bonchev–Trinajstić information content (AvgIpc) is 4.47. The van der Waals surface area contributed by atoms with E-state index in [0.717, 1.165) is 198 Å². The molecule has 18 nitrogen and oxygen atoms in total. The summed E-state index contributed by atoms with van der Waals surface area (Å²) in [5.41, 5.74) is 6.63. The number of piperidine rings is 3. The number of nitrogens with zero attached hydrogens (tertiary/aromatic N) is 12. The number of nitrogens with one attached hydrogen (secondary N) is 3. The highest BCUT2D eigenvalue weighted by Gasteiger charge is 2.28. The standard InChI is InChI=1S/C22H31N5OS.C21H29N5OS.C20H27N5OS/c1-2-13-29-21-6-5-17(15-23-21)16-26-11-7-18(8-12-26)19-14-20(28)25-22(24-19)27-9-3-4-10-27;1-2-28-20-6-5-16(14-22-20)15-25-11-7-17(8-12-25)18-13-19(27)24-21(23-18)26-9-3-4-10-26;1-27-19-5-4-15(13-21-19)14-24-10-6-16(7-11-24)17-12-18(26)23-20(22-17)25-8-2-3-9-25/h5-6,14-15,18H,2-4,7-13,16H2,1H3,(H,24,25,28);5-6,13-14,17H,2-4,7-12,15H2,1H3,(H,23,24,27);4-5,12-13,16H,2-3,6-11,14H2,1H3,(H,22,23,26). The Kier molecular flexibility index (Phi) is 22.8. The highest BCUT2D eigenvalue weighted by atomic mass is 32.2. The minimum atomic E-state index is -0.0238. The largest absolute Gasteiger partial charge is 0.342 e. The molecule has 0 radical (unpaired) electrons. The number of thioether (sulfide) groups is 3. The van der Waals surface area contributed by atoms with E-state index < -0.39 is 0 Å². The van der Waals surface area contributed by atoms with E-state index in [1.807, 2.05) is 36.6 Å². The van der Waals surface area contributed by atoms with Crippen LogP contribution in [0.3, 0.4) is 0 Å². The van der Waals surface area contributed by atoms with Gasteiger partial charge in [-0.2, -0.15) is 0 Å². The molecule has 12 rings (SSSR count). The fraction of sp³-hybridized carbons (Fsp3) is 0.571. The predicted octanol–water partition coefficient (Wildman–Crippen LogP) is 9.77. The maximum Gasteiger partial charge on any atom is 0.252 e. The van der Waals surface area contributed by atoms with Gasteiger partial charge in [0.25, 0.3) is 16.7 Å². The summed E-state index contributed by atoms with van der Waals surface area (Å²) in [6.07, 6.45) is 22.6. The molecule has 0 aromatic carbocycles. The molecule has 6 fully saturated rings. The zero-order valence-corrected chi connectivity index (χ0v) is 52.1. The summed E-state index contributed by atoms with van der Waals surface area (Å²) in [5, 5.41) is 3.27. The van der Waals surface area contributed by atoms with Gasteiger partial charge < -0.3 is 14.7 Å². The first-order chi connectivity index (χ1) is 41.1. The quantitative estimate of drug-likeness (QED) is 0.0687. The molecule has 6 aromatic rings. The summed E-state index contributed by atoms with van der Waals surface area (Å²) in [6, 6.07) is 18.0. The normalized spacial score (nSPS) is 18.7. The lowest BCUT2D eigenvalue weighted by Gasteiger charge is -2.31. The monoisotopic (exact) mass is 1200 g/mol. The minimum absolute atomic E-state index is 0.0218. The molecule has 0 saturated carbocycles. The third-order valence-corrected chi connectivity index (χ3v) is 19.7. The fourth-order valence-corrected chi connectivity index (χ4v) is 14.0. The number of pyridine rings is 3. The van der Waals surface area contributed by atoms with Crippen LogP contribution in [0.25, 0.3) is 0 Å². The molecule has 0 bridgehead atoms. The highest BCUT2D eigenvalue weighted by molar-refractivity contribution is 7.99. The Bertz CT molecular complexity index is 3140. The van der Waals surface area contributed by atoms with E-state index in [0.29, 0.717) is 17.8 Å². The number of anilines is 3. The van der Waals surface area contributed by atoms with E-state index in [-0.39, 0.29) is 16.7 Å². The molecule has 6 aromatic heterocycles. The van der Waals surface area contributed by atoms with E-state index in [4.69, 9.17) is 15.0 Å². The van der Waals surface area contributed by atoms with Crippen LogP contribution in [0.4, 0.5) is 17.8 Å². The number of aromatic amines is 3. The fourth-order valence-electron chi connectivity index (χ4n) is 12.3. The molecule has 6 saturated heterocycles. The number of aromatic nitrogens is 9. The van der Waals surface area contributed by atoms with Crippen LogP contribution in [-0.4, -0.2) is 156 Å². The van der Waals surface area contributed by atoms with E-state index in [9.17, 15) is 14.4 Å². The molecule has 3 N–H and O–H groups in total. The summed E-state index contributed by atoms with van der Waals surface area (Å²) >= 11 is 5.27. The van der Waals surface area contributed by atoms with Crippen molar-refractivity contribution in [2.45, 2.75) is 150 Å². The third kappa shape index (κ3) is 17.8. The van der Waals surface area contributed by atoms with E-state index in [1.165, 1.54) is 61.6 Å². The van der Waals surface area contributed by atoms with E-state index in [2.05, 4.69) is 110 Å². The summed E-state index contributed by atoms with van der Waals surface area (Å²) < 4.78 is 0. The topological polar surface area (TPSA) is 195 Å². The molecule has 0 spiro atoms. The van der Waals surface area contributed by atoms with Gasteiger partial charge in [-0.1, -0.05) is 32.0 Å². The van der Waals surface area contributed by atoms with Gasteiger partial charge in [0.05, 0.1) is 32.2 Å². The van der Waals surface area contributed by atoms with Crippen molar-refractivity contribution in [1.29, 1.82) is 0 Å². The van der Waals surface area contributed by atoms with Crippen LogP contribution >= 0.6 is 35.3 Å². The second-order valence-electron chi connectivity index (χ2n) is 23.2. The molecule has 21 heteroatoms. The van der Waals surface area contributed by atoms with Crippen LogP contribution in [0.15, 0.2) is 103 Å². The van der Waals surface area contributed by atoms with Crippen molar-refractivity contribution in [2.24, 2.45) is 0 Å². The maximum absolute atomic E-state index is 12.2. The number of likely N-dealkylation sites (tertiary alicyclic amines) is 3. The second-order valence-corrected chi connectivity index (χ2v) is 26.4. The van der Waals surface area contributed by atoms with Crippen molar-refractivity contribution in [1.82, 2.24) is 59.6 Å². The van der Waals surface area contributed by atoms with Gasteiger partial charge in [-0.15, -0.1) is 35.3 Å². The number of H-pyrrole nitrogens is 3. The van der Waals surface area contributed by atoms with Crippen LogP contribution in [0, 0.1) is 0 Å². The SMILES string of the molecule is CCCSc1ccc(CN2CCC(c3cc(=O)[nH]c(N4CCCC4)n3)CC2)cn1.CCSc1ccc(CN2CCC(c3cc(=O)[nH]c(N4CCCC4)n3)CC2)cn1.CSc1ccc(CN2CCC(c3cc(=O)[nH]c(N4CCCC4)n3)CC2)cn1.